The smallest absolute Gasteiger partial charge is 0.317 e. The van der Waals surface area contributed by atoms with Crippen molar-refractivity contribution in [1.82, 2.24) is 44.9 Å². The lowest BCUT2D eigenvalue weighted by Crippen LogP contribution is -2.50. The van der Waals surface area contributed by atoms with Gasteiger partial charge >= 0.3 is 17.9 Å². The fraction of sp³-hybridized carbons (Fsp3) is 0.725. The maximum Gasteiger partial charge on any atom is 0.317 e. The lowest BCUT2D eigenvalue weighted by Gasteiger charge is -2.35. The first-order valence-electron chi connectivity index (χ1n) is 26.2. The van der Waals surface area contributed by atoms with E-state index >= 15 is 0 Å². The molecule has 0 radical (unpaired) electrons. The van der Waals surface area contributed by atoms with E-state index in [-0.39, 0.29) is 139 Å². The second-order valence-corrected chi connectivity index (χ2v) is 21.0. The highest BCUT2D eigenvalue weighted by Gasteiger charge is 2.40. The van der Waals surface area contributed by atoms with E-state index in [1.54, 1.807) is 21.8 Å². The van der Waals surface area contributed by atoms with Crippen molar-refractivity contribution in [2.45, 2.75) is 94.5 Å². The molecule has 73 heavy (non-hydrogen) atoms. The van der Waals surface area contributed by atoms with Gasteiger partial charge in [0.05, 0.1) is 31.4 Å². The molecule has 0 spiro atoms. The molecule has 22 heteroatoms. The third-order valence-corrected chi connectivity index (χ3v) is 15.0. The van der Waals surface area contributed by atoms with Crippen LogP contribution in [0.1, 0.15) is 81.8 Å². The molecule has 5 amide bonds. The van der Waals surface area contributed by atoms with Gasteiger partial charge in [-0.15, -0.1) is 11.8 Å². The van der Waals surface area contributed by atoms with Gasteiger partial charge in [-0.25, -0.2) is 0 Å². The van der Waals surface area contributed by atoms with Crippen LogP contribution in [0.2, 0.25) is 0 Å². The number of aryl methyl sites for hydroxylation is 2. The third kappa shape index (κ3) is 24.9. The number of carbonyl (C=O) groups is 8. The van der Waals surface area contributed by atoms with Crippen molar-refractivity contribution < 1.29 is 58.4 Å². The number of carbonyl (C=O) groups excluding carboxylic acids is 5. The molecule has 0 aromatic heterocycles. The summed E-state index contributed by atoms with van der Waals surface area (Å²) in [5, 5.41) is 33.9. The van der Waals surface area contributed by atoms with Crippen LogP contribution in [0.3, 0.4) is 0 Å². The number of carboxylic acids is 3. The summed E-state index contributed by atoms with van der Waals surface area (Å²) in [6, 6.07) is 8.31. The first-order chi connectivity index (χ1) is 35.1. The van der Waals surface area contributed by atoms with Crippen LogP contribution in [0, 0.1) is 6.92 Å². The summed E-state index contributed by atoms with van der Waals surface area (Å²) in [5.41, 5.74) is 2.40. The predicted octanol–water partition coefficient (Wildman–Crippen LogP) is 1.17. The van der Waals surface area contributed by atoms with Gasteiger partial charge in [-0.3, -0.25) is 67.8 Å². The zero-order valence-electron chi connectivity index (χ0n) is 43.4. The number of methoxy groups -OCH3 is 1. The number of ether oxygens (including phenoxy) is 1. The zero-order chi connectivity index (χ0) is 53.0. The number of imide groups is 1. The number of likely N-dealkylation sites (tertiary alicyclic amines) is 1. The fourth-order valence-electron chi connectivity index (χ4n) is 9.26. The van der Waals surface area contributed by atoms with E-state index < -0.39 is 23.2 Å². The van der Waals surface area contributed by atoms with E-state index in [2.05, 4.69) is 39.8 Å². The van der Waals surface area contributed by atoms with E-state index in [1.165, 1.54) is 27.8 Å². The molecule has 2 unspecified atom stereocenters. The molecule has 3 saturated heterocycles. The van der Waals surface area contributed by atoms with Crippen LogP contribution < -0.4 is 10.6 Å². The number of thioether (sulfide) groups is 1. The van der Waals surface area contributed by atoms with Gasteiger partial charge in [-0.1, -0.05) is 42.7 Å². The number of amides is 5. The van der Waals surface area contributed by atoms with Crippen molar-refractivity contribution in [3.63, 3.8) is 0 Å². The van der Waals surface area contributed by atoms with Gasteiger partial charge in [0.2, 0.25) is 29.5 Å². The molecule has 3 heterocycles. The third-order valence-electron chi connectivity index (χ3n) is 13.5. The summed E-state index contributed by atoms with van der Waals surface area (Å²) in [5.74, 6) is -4.00. The Kier molecular flexibility index (Phi) is 28.3. The van der Waals surface area contributed by atoms with E-state index in [0.717, 1.165) is 71.2 Å². The quantitative estimate of drug-likeness (QED) is 0.0517. The average Bonchev–Trinajstić information content (AvgIpc) is 3.61. The van der Waals surface area contributed by atoms with Crippen LogP contribution in [0.15, 0.2) is 24.3 Å². The van der Waals surface area contributed by atoms with E-state index in [4.69, 9.17) is 4.74 Å². The Bertz CT molecular complexity index is 1880. The van der Waals surface area contributed by atoms with Gasteiger partial charge in [0.15, 0.2) is 0 Å². The molecule has 0 bridgehead atoms. The molecule has 1 aromatic carbocycles. The Balaban J connectivity index is 1.32. The standard InChI is InChI=1S/C51H83N9O12S/c1-40-14-16-41(17-15-40)10-8-12-44(61)52-18-5-3-4-11-42(73-43-34-47(64)60(51(43)71)20-9-13-46(63)59-31-29-54(30-32-59)19-6-7-33-72-2)35-53-45(62)36-55-21-23-56(37-48(65)66)25-27-58(39-50(69)70)28-26-57(24-22-55)38-49(67)68/h14-17,42-43H,3-13,18-39H2,1-2H3,(H,52,61)(H,53,62)(H,65,66)(H,67,68)(H,69,70). The van der Waals surface area contributed by atoms with Crippen molar-refractivity contribution in [2.24, 2.45) is 0 Å². The highest BCUT2D eigenvalue weighted by Crippen LogP contribution is 2.31. The lowest BCUT2D eigenvalue weighted by atomic mass is 10.1. The van der Waals surface area contributed by atoms with Crippen molar-refractivity contribution in [2.75, 3.05) is 145 Å². The second-order valence-electron chi connectivity index (χ2n) is 19.5. The molecule has 5 N–H and O–H groups in total. The predicted molar refractivity (Wildman–Crippen MR) is 277 cm³/mol. The van der Waals surface area contributed by atoms with Crippen molar-refractivity contribution >= 4 is 59.2 Å². The number of nitrogens with zero attached hydrogens (tertiary/aromatic N) is 7. The summed E-state index contributed by atoms with van der Waals surface area (Å²) in [4.78, 5) is 114. The number of hydrogen-bond donors (Lipinski definition) is 5. The summed E-state index contributed by atoms with van der Waals surface area (Å²) in [6.45, 7) is 8.78. The molecule has 0 saturated carbocycles. The van der Waals surface area contributed by atoms with Crippen LogP contribution in [0.5, 0.6) is 0 Å². The van der Waals surface area contributed by atoms with Crippen molar-refractivity contribution in [3.05, 3.63) is 35.4 Å². The normalized spacial score (nSPS) is 18.8. The summed E-state index contributed by atoms with van der Waals surface area (Å²) in [6.07, 6.45) is 7.59. The van der Waals surface area contributed by atoms with Gasteiger partial charge < -0.3 is 35.6 Å². The summed E-state index contributed by atoms with van der Waals surface area (Å²) >= 11 is 1.37. The number of rotatable bonds is 31. The number of benzene rings is 1. The molecular formula is C51H83N9O12S. The minimum absolute atomic E-state index is 0.00769. The molecule has 3 aliphatic heterocycles. The maximum atomic E-state index is 13.8. The number of nitrogens with one attached hydrogen (secondary N) is 2. The van der Waals surface area contributed by atoms with Crippen LogP contribution in [-0.2, 0) is 49.5 Å². The minimum Gasteiger partial charge on any atom is -0.480 e. The number of carboxylic acid groups (broad SMARTS) is 3. The van der Waals surface area contributed by atoms with Crippen LogP contribution in [0.25, 0.3) is 0 Å². The van der Waals surface area contributed by atoms with Gasteiger partial charge in [-0.05, 0) is 64.0 Å². The topological polar surface area (TPSA) is 253 Å². The first-order valence-corrected chi connectivity index (χ1v) is 27.1. The maximum absolute atomic E-state index is 13.8. The SMILES string of the molecule is COCCCCN1CCN(C(=O)CCCN2C(=O)CC(SC(CCCCCNC(=O)CCCc3ccc(C)cc3)CNC(=O)CN3CCN(CC(=O)O)CCN(CC(=O)O)CCN(CC(=O)O)CC3)C2=O)CC1. The second kappa shape index (κ2) is 34.0. The number of piperazine rings is 1. The van der Waals surface area contributed by atoms with E-state index in [9.17, 15) is 53.7 Å². The Morgan fingerprint density at radius 2 is 1.19 bits per heavy atom. The number of aliphatic carboxylic acids is 3. The molecule has 2 atom stereocenters. The summed E-state index contributed by atoms with van der Waals surface area (Å²) < 4.78 is 5.14. The fourth-order valence-corrected chi connectivity index (χ4v) is 10.7. The monoisotopic (exact) mass is 1050 g/mol. The zero-order valence-corrected chi connectivity index (χ0v) is 44.2. The van der Waals surface area contributed by atoms with Gasteiger partial charge in [0, 0.05) is 136 Å². The minimum atomic E-state index is -1.05. The molecule has 4 rings (SSSR count). The summed E-state index contributed by atoms with van der Waals surface area (Å²) in [7, 11) is 1.70. The molecular weight excluding hydrogens is 963 g/mol. The largest absolute Gasteiger partial charge is 0.480 e. The van der Waals surface area contributed by atoms with Crippen molar-refractivity contribution in [3.8, 4) is 0 Å². The molecule has 410 valence electrons. The molecule has 0 aliphatic carbocycles. The highest BCUT2D eigenvalue weighted by atomic mass is 32.2. The Hall–Kier alpha value is -4.71. The van der Waals surface area contributed by atoms with Crippen LogP contribution >= 0.6 is 11.8 Å². The Morgan fingerprint density at radius 1 is 0.630 bits per heavy atom. The Morgan fingerprint density at radius 3 is 1.75 bits per heavy atom. The first kappa shape index (κ1) is 60.8. The Labute approximate surface area is 435 Å². The number of hydrogen-bond acceptors (Lipinski definition) is 15. The van der Waals surface area contributed by atoms with Gasteiger partial charge in [-0.2, -0.15) is 0 Å². The average molecular weight is 1050 g/mol. The van der Waals surface area contributed by atoms with Gasteiger partial charge in [0.1, 0.15) is 0 Å². The highest BCUT2D eigenvalue weighted by molar-refractivity contribution is 8.01. The molecule has 21 nitrogen and oxygen atoms in total. The van der Waals surface area contributed by atoms with Crippen LogP contribution in [0.4, 0.5) is 0 Å². The van der Waals surface area contributed by atoms with Crippen molar-refractivity contribution in [1.29, 1.82) is 0 Å². The van der Waals surface area contributed by atoms with E-state index in [1.807, 2.05) is 16.7 Å². The molecule has 3 fully saturated rings. The number of unbranched alkanes of at least 4 members (excludes halogenated alkanes) is 3. The lowest BCUT2D eigenvalue weighted by molar-refractivity contribution is -0.140. The van der Waals surface area contributed by atoms with E-state index in [0.29, 0.717) is 38.9 Å². The van der Waals surface area contributed by atoms with Crippen LogP contribution in [-0.4, -0.2) is 252 Å². The molecule has 3 aliphatic rings. The molecule has 1 aromatic rings. The van der Waals surface area contributed by atoms with Gasteiger partial charge in [0.25, 0.3) is 0 Å².